The molecular weight excluding hydrogens is 418 g/mol. The highest BCUT2D eigenvalue weighted by atomic mass is 16.5. The number of rotatable bonds is 7. The second-order valence-electron chi connectivity index (χ2n) is 8.13. The standard InChI is InChI=1S/C25H29N5O3/c1-17-6-4-5-7-22(17)32-12-10-24(31)30-11-13-33-23(16-30)21-9-8-20(15-26-21)29-25-27-18(2)14-19(3)28-25/h4-9,14-15,23H,10-13,16H2,1-3H3,(H,27,28,29). The molecule has 1 amide bonds. The van der Waals surface area contributed by atoms with Crippen LogP contribution in [0.5, 0.6) is 5.75 Å². The molecule has 3 heterocycles. The monoisotopic (exact) mass is 447 g/mol. The summed E-state index contributed by atoms with van der Waals surface area (Å²) in [6, 6.07) is 13.6. The predicted molar refractivity (Wildman–Crippen MR) is 126 cm³/mol. The van der Waals surface area contributed by atoms with E-state index >= 15 is 0 Å². The number of aryl methyl sites for hydroxylation is 3. The second kappa shape index (κ2) is 10.4. The average molecular weight is 448 g/mol. The molecule has 4 rings (SSSR count). The van der Waals surface area contributed by atoms with Crippen molar-refractivity contribution in [3.63, 3.8) is 0 Å². The number of anilines is 2. The molecule has 1 atom stereocenters. The van der Waals surface area contributed by atoms with Crippen LogP contribution < -0.4 is 10.1 Å². The lowest BCUT2D eigenvalue weighted by Crippen LogP contribution is -2.42. The van der Waals surface area contributed by atoms with Crippen molar-refractivity contribution in [3.8, 4) is 5.75 Å². The maximum atomic E-state index is 12.7. The van der Waals surface area contributed by atoms with Crippen molar-refractivity contribution in [1.29, 1.82) is 0 Å². The Morgan fingerprint density at radius 2 is 1.94 bits per heavy atom. The topological polar surface area (TPSA) is 89.5 Å². The summed E-state index contributed by atoms with van der Waals surface area (Å²) in [5, 5.41) is 3.18. The molecule has 1 aliphatic heterocycles. The van der Waals surface area contributed by atoms with Gasteiger partial charge in [0.15, 0.2) is 0 Å². The Morgan fingerprint density at radius 3 is 2.67 bits per heavy atom. The molecular formula is C25H29N5O3. The summed E-state index contributed by atoms with van der Waals surface area (Å²) in [4.78, 5) is 27.9. The quantitative estimate of drug-likeness (QED) is 0.587. The summed E-state index contributed by atoms with van der Waals surface area (Å²) < 4.78 is 11.7. The molecule has 8 nitrogen and oxygen atoms in total. The molecule has 1 N–H and O–H groups in total. The van der Waals surface area contributed by atoms with Crippen LogP contribution in [0.4, 0.5) is 11.6 Å². The molecule has 172 valence electrons. The molecule has 0 saturated carbocycles. The fraction of sp³-hybridized carbons (Fsp3) is 0.360. The van der Waals surface area contributed by atoms with E-state index < -0.39 is 0 Å². The zero-order chi connectivity index (χ0) is 23.2. The van der Waals surface area contributed by atoms with Gasteiger partial charge >= 0.3 is 0 Å². The number of amides is 1. The van der Waals surface area contributed by atoms with Gasteiger partial charge in [0.25, 0.3) is 0 Å². The van der Waals surface area contributed by atoms with Crippen LogP contribution in [0.1, 0.15) is 35.2 Å². The molecule has 8 heteroatoms. The van der Waals surface area contributed by atoms with Crippen molar-refractivity contribution in [1.82, 2.24) is 19.9 Å². The van der Waals surface area contributed by atoms with Crippen LogP contribution in [0.15, 0.2) is 48.7 Å². The van der Waals surface area contributed by atoms with E-state index in [-0.39, 0.29) is 12.0 Å². The van der Waals surface area contributed by atoms with Gasteiger partial charge in [-0.15, -0.1) is 0 Å². The first-order valence-corrected chi connectivity index (χ1v) is 11.1. The van der Waals surface area contributed by atoms with Gasteiger partial charge in [0, 0.05) is 17.9 Å². The fourth-order valence-electron chi connectivity index (χ4n) is 3.76. The van der Waals surface area contributed by atoms with Gasteiger partial charge in [-0.1, -0.05) is 18.2 Å². The Hall–Kier alpha value is -3.52. The van der Waals surface area contributed by atoms with Gasteiger partial charge < -0.3 is 19.7 Å². The molecule has 1 saturated heterocycles. The summed E-state index contributed by atoms with van der Waals surface area (Å²) in [5.41, 5.74) is 4.44. The van der Waals surface area contributed by atoms with Crippen LogP contribution in [0.25, 0.3) is 0 Å². The number of hydrogen-bond acceptors (Lipinski definition) is 7. The number of carbonyl (C=O) groups is 1. The first-order chi connectivity index (χ1) is 16.0. The average Bonchev–Trinajstić information content (AvgIpc) is 2.80. The third-order valence-corrected chi connectivity index (χ3v) is 5.44. The Morgan fingerprint density at radius 1 is 1.15 bits per heavy atom. The molecule has 2 aromatic heterocycles. The Labute approximate surface area is 194 Å². The third-order valence-electron chi connectivity index (χ3n) is 5.44. The number of nitrogens with one attached hydrogen (secondary N) is 1. The van der Waals surface area contributed by atoms with E-state index in [4.69, 9.17) is 9.47 Å². The maximum absolute atomic E-state index is 12.7. The fourth-order valence-corrected chi connectivity index (χ4v) is 3.76. The Balaban J connectivity index is 1.31. The number of hydrogen-bond donors (Lipinski definition) is 1. The van der Waals surface area contributed by atoms with Gasteiger partial charge in [0.1, 0.15) is 11.9 Å². The van der Waals surface area contributed by atoms with Gasteiger partial charge in [0.2, 0.25) is 11.9 Å². The smallest absolute Gasteiger partial charge is 0.227 e. The second-order valence-corrected chi connectivity index (χ2v) is 8.13. The largest absolute Gasteiger partial charge is 0.493 e. The Kier molecular flexibility index (Phi) is 7.14. The van der Waals surface area contributed by atoms with Crippen LogP contribution >= 0.6 is 0 Å². The van der Waals surface area contributed by atoms with Crippen LogP contribution in [0.2, 0.25) is 0 Å². The minimum absolute atomic E-state index is 0.0575. The van der Waals surface area contributed by atoms with E-state index in [1.807, 2.05) is 68.1 Å². The lowest BCUT2D eigenvalue weighted by atomic mass is 10.1. The zero-order valence-corrected chi connectivity index (χ0v) is 19.2. The molecule has 1 aliphatic rings. The number of aromatic nitrogens is 3. The van der Waals surface area contributed by atoms with Gasteiger partial charge in [-0.25, -0.2) is 9.97 Å². The van der Waals surface area contributed by atoms with Crippen molar-refractivity contribution in [2.75, 3.05) is 31.6 Å². The highest BCUT2D eigenvalue weighted by molar-refractivity contribution is 5.76. The number of ether oxygens (including phenoxy) is 2. The molecule has 0 radical (unpaired) electrons. The lowest BCUT2D eigenvalue weighted by Gasteiger charge is -2.32. The van der Waals surface area contributed by atoms with E-state index in [0.29, 0.717) is 38.7 Å². The normalized spacial score (nSPS) is 15.8. The zero-order valence-electron chi connectivity index (χ0n) is 19.2. The van der Waals surface area contributed by atoms with E-state index in [1.54, 1.807) is 6.20 Å². The first-order valence-electron chi connectivity index (χ1n) is 11.1. The van der Waals surface area contributed by atoms with Crippen molar-refractivity contribution in [2.45, 2.75) is 33.3 Å². The van der Waals surface area contributed by atoms with Crippen molar-refractivity contribution in [2.24, 2.45) is 0 Å². The van der Waals surface area contributed by atoms with Crippen LogP contribution in [-0.4, -0.2) is 52.1 Å². The Bertz CT molecular complexity index is 1080. The highest BCUT2D eigenvalue weighted by Crippen LogP contribution is 2.23. The van der Waals surface area contributed by atoms with E-state index in [0.717, 1.165) is 34.1 Å². The summed E-state index contributed by atoms with van der Waals surface area (Å²) in [6.07, 6.45) is 1.80. The molecule has 1 unspecified atom stereocenters. The third kappa shape index (κ3) is 6.04. The van der Waals surface area contributed by atoms with E-state index in [2.05, 4.69) is 20.3 Å². The van der Waals surface area contributed by atoms with E-state index in [1.165, 1.54) is 0 Å². The van der Waals surface area contributed by atoms with Gasteiger partial charge in [0.05, 0.1) is 43.8 Å². The van der Waals surface area contributed by atoms with Crippen molar-refractivity contribution < 1.29 is 14.3 Å². The summed E-state index contributed by atoms with van der Waals surface area (Å²) >= 11 is 0. The SMILES string of the molecule is Cc1cc(C)nc(Nc2ccc(C3CN(C(=O)CCOc4ccccc4C)CCO3)nc2)n1. The van der Waals surface area contributed by atoms with Crippen molar-refractivity contribution >= 4 is 17.5 Å². The highest BCUT2D eigenvalue weighted by Gasteiger charge is 2.26. The van der Waals surface area contributed by atoms with Gasteiger partial charge in [-0.05, 0) is 50.6 Å². The van der Waals surface area contributed by atoms with Gasteiger partial charge in [-0.3, -0.25) is 9.78 Å². The van der Waals surface area contributed by atoms with Crippen LogP contribution in [0.3, 0.4) is 0 Å². The van der Waals surface area contributed by atoms with Crippen molar-refractivity contribution in [3.05, 3.63) is 71.3 Å². The minimum atomic E-state index is -0.258. The molecule has 0 aliphatic carbocycles. The molecule has 3 aromatic rings. The minimum Gasteiger partial charge on any atom is -0.493 e. The number of pyridine rings is 1. The summed E-state index contributed by atoms with van der Waals surface area (Å²) in [5.74, 6) is 1.41. The molecule has 33 heavy (non-hydrogen) atoms. The summed E-state index contributed by atoms with van der Waals surface area (Å²) in [6.45, 7) is 7.74. The summed E-state index contributed by atoms with van der Waals surface area (Å²) in [7, 11) is 0. The number of carbonyl (C=O) groups excluding carboxylic acids is 1. The lowest BCUT2D eigenvalue weighted by molar-refractivity contribution is -0.139. The number of morpholine rings is 1. The maximum Gasteiger partial charge on any atom is 0.227 e. The van der Waals surface area contributed by atoms with E-state index in [9.17, 15) is 4.79 Å². The molecule has 0 bridgehead atoms. The van der Waals surface area contributed by atoms with Crippen LogP contribution in [-0.2, 0) is 9.53 Å². The van der Waals surface area contributed by atoms with Gasteiger partial charge in [-0.2, -0.15) is 0 Å². The molecule has 0 spiro atoms. The van der Waals surface area contributed by atoms with Crippen LogP contribution in [0, 0.1) is 20.8 Å². The molecule has 1 fully saturated rings. The number of para-hydroxylation sites is 1. The first kappa shape index (κ1) is 22.7. The predicted octanol–water partition coefficient (Wildman–Crippen LogP) is 3.91. The number of nitrogens with zero attached hydrogens (tertiary/aromatic N) is 4. The molecule has 1 aromatic carbocycles. The number of benzene rings is 1.